The number of carboxylic acids is 1. The summed E-state index contributed by atoms with van der Waals surface area (Å²) in [5.74, 6) is -0.884. The number of nitrogens with zero attached hydrogens (tertiary/aromatic N) is 4. The smallest absolute Gasteiger partial charge is 0.323 e. The zero-order valence-electron chi connectivity index (χ0n) is 30.9. The van der Waals surface area contributed by atoms with Crippen LogP contribution in [0.1, 0.15) is 99.8 Å². The summed E-state index contributed by atoms with van der Waals surface area (Å²) in [6.45, 7) is 3.93. The Morgan fingerprint density at radius 1 is 0.964 bits per heavy atom. The zero-order valence-corrected chi connectivity index (χ0v) is 32.5. The summed E-state index contributed by atoms with van der Waals surface area (Å²) in [6, 6.07) is 26.4. The molecule has 0 spiro atoms. The maximum absolute atomic E-state index is 13.7. The maximum atomic E-state index is 13.7. The molecule has 0 amide bonds. The second-order valence-electron chi connectivity index (χ2n) is 14.9. The Hall–Kier alpha value is -5.49. The van der Waals surface area contributed by atoms with E-state index >= 15 is 0 Å². The maximum Gasteiger partial charge on any atom is 0.323 e. The molecule has 1 aliphatic heterocycles. The molecule has 55 heavy (non-hydrogen) atoms. The van der Waals surface area contributed by atoms with E-state index in [1.165, 1.54) is 52.0 Å². The van der Waals surface area contributed by atoms with Crippen LogP contribution in [0.4, 0.5) is 11.4 Å². The minimum absolute atomic E-state index is 0.000933. The number of aromatic nitrogens is 2. The molecular weight excluding hydrogens is 727 g/mol. The highest BCUT2D eigenvalue weighted by atomic mass is 32.1. The fraction of sp³-hybridized carbons (Fsp3) is 0.341. The van der Waals surface area contributed by atoms with Gasteiger partial charge in [-0.25, -0.2) is 0 Å². The van der Waals surface area contributed by atoms with Gasteiger partial charge in [-0.05, 0) is 89.4 Å². The van der Waals surface area contributed by atoms with Gasteiger partial charge < -0.3 is 15.0 Å². The lowest BCUT2D eigenvalue weighted by atomic mass is 9.71. The second-order valence-corrected chi connectivity index (χ2v) is 16.9. The molecule has 2 aromatic heterocycles. The molecule has 2 N–H and O–H groups in total. The Morgan fingerprint density at radius 2 is 1.71 bits per heavy atom. The van der Waals surface area contributed by atoms with Crippen LogP contribution in [0.15, 0.2) is 70.3 Å². The van der Waals surface area contributed by atoms with Gasteiger partial charge in [0.15, 0.2) is 5.57 Å². The lowest BCUT2D eigenvalue weighted by molar-refractivity contribution is -0.137. The van der Waals surface area contributed by atoms with E-state index in [0.29, 0.717) is 16.5 Å². The topological polar surface area (TPSA) is 143 Å². The van der Waals surface area contributed by atoms with Crippen molar-refractivity contribution in [1.29, 1.82) is 10.5 Å². The van der Waals surface area contributed by atoms with Crippen LogP contribution in [0, 0.1) is 31.9 Å². The predicted molar refractivity (Wildman–Crippen MR) is 217 cm³/mol. The number of carbonyl (C=O) groups is 1. The van der Waals surface area contributed by atoms with Crippen molar-refractivity contribution in [2.75, 3.05) is 4.90 Å². The van der Waals surface area contributed by atoms with Crippen LogP contribution in [0.3, 0.4) is 0 Å². The van der Waals surface area contributed by atoms with E-state index in [1.807, 2.05) is 6.07 Å². The molecule has 9 nitrogen and oxygen atoms in total. The Morgan fingerprint density at radius 3 is 2.44 bits per heavy atom. The van der Waals surface area contributed by atoms with Gasteiger partial charge in [0.2, 0.25) is 0 Å². The Balaban J connectivity index is 1.25. The van der Waals surface area contributed by atoms with Crippen LogP contribution in [-0.2, 0) is 16.8 Å². The third kappa shape index (κ3) is 6.07. The van der Waals surface area contributed by atoms with E-state index < -0.39 is 23.6 Å². The van der Waals surface area contributed by atoms with Crippen molar-refractivity contribution >= 4 is 51.7 Å². The molecule has 2 unspecified atom stereocenters. The minimum Gasteiger partial charge on any atom is -0.480 e. The average molecular weight is 768 g/mol. The third-order valence-electron chi connectivity index (χ3n) is 11.7. The lowest BCUT2D eigenvalue weighted by Crippen LogP contribution is -2.29. The number of nitrogens with one attached hydrogen (secondary N) is 1. The summed E-state index contributed by atoms with van der Waals surface area (Å²) in [7, 11) is 0. The summed E-state index contributed by atoms with van der Waals surface area (Å²) in [4.78, 5) is 43.6. The van der Waals surface area contributed by atoms with Gasteiger partial charge in [0.05, 0.1) is 4.53 Å². The van der Waals surface area contributed by atoms with E-state index in [9.17, 15) is 30.0 Å². The number of aromatic amines is 1. The number of H-pyrrole nitrogens is 1. The quantitative estimate of drug-likeness (QED) is 0.150. The molecule has 0 saturated heterocycles. The van der Waals surface area contributed by atoms with E-state index in [4.69, 9.17) is 0 Å². The Bertz CT molecular complexity index is 2770. The monoisotopic (exact) mass is 767 g/mol. The first-order valence-electron chi connectivity index (χ1n) is 19.1. The van der Waals surface area contributed by atoms with Crippen LogP contribution in [0.2, 0.25) is 0 Å². The van der Waals surface area contributed by atoms with Crippen molar-refractivity contribution in [3.8, 4) is 23.3 Å². The number of aliphatic carboxylic acids is 1. The van der Waals surface area contributed by atoms with Crippen molar-refractivity contribution in [2.45, 2.75) is 95.6 Å². The number of hydrogen-bond acceptors (Lipinski definition) is 8. The molecule has 1 saturated carbocycles. The number of unbranched alkanes of at least 4 members (excludes halogenated alkanes) is 2. The van der Waals surface area contributed by atoms with Gasteiger partial charge in [0, 0.05) is 28.7 Å². The first kappa shape index (κ1) is 36.5. The Labute approximate surface area is 326 Å². The molecule has 2 aliphatic carbocycles. The van der Waals surface area contributed by atoms with Crippen molar-refractivity contribution in [3.63, 3.8) is 0 Å². The Kier molecular flexibility index (Phi) is 9.71. The fourth-order valence-electron chi connectivity index (χ4n) is 9.35. The molecule has 3 aliphatic rings. The second kappa shape index (κ2) is 14.6. The highest BCUT2D eigenvalue weighted by molar-refractivity contribution is 7.11. The fourth-order valence-corrected chi connectivity index (χ4v) is 11.5. The van der Waals surface area contributed by atoms with Crippen molar-refractivity contribution in [1.82, 2.24) is 9.55 Å². The SMILES string of the molecule is CCCCC1(CCCC)c2ccccc2-c2ccc(N3c4ccc(/C=c5\s/c(=c6/sc(=C(C#N)C#N)[nH]c6=O)n(CC(=O)O)c5=O)cc4C4CCCC43)cc21. The first-order valence-corrected chi connectivity index (χ1v) is 20.7. The summed E-state index contributed by atoms with van der Waals surface area (Å²) in [5, 5.41) is 28.3. The average Bonchev–Trinajstić information content (AvgIpc) is 3.99. The van der Waals surface area contributed by atoms with E-state index in [-0.39, 0.29) is 24.8 Å². The molecule has 0 bridgehead atoms. The molecule has 8 rings (SSSR count). The summed E-state index contributed by atoms with van der Waals surface area (Å²) in [6.07, 6.45) is 12.0. The molecule has 3 aromatic carbocycles. The highest BCUT2D eigenvalue weighted by Gasteiger charge is 2.45. The molecule has 2 atom stereocenters. The van der Waals surface area contributed by atoms with Gasteiger partial charge in [-0.15, -0.1) is 22.7 Å². The minimum atomic E-state index is -1.23. The van der Waals surface area contributed by atoms with Crippen LogP contribution < -0.4 is 25.2 Å². The van der Waals surface area contributed by atoms with Crippen molar-refractivity contribution in [3.05, 3.63) is 122 Å². The van der Waals surface area contributed by atoms with Crippen molar-refractivity contribution < 1.29 is 9.90 Å². The number of fused-ring (bicyclic) bond motifs is 6. The number of carboxylic acid groups (broad SMARTS) is 1. The van der Waals surface area contributed by atoms with E-state index in [1.54, 1.807) is 18.2 Å². The van der Waals surface area contributed by atoms with Crippen LogP contribution in [0.25, 0.3) is 22.8 Å². The summed E-state index contributed by atoms with van der Waals surface area (Å²) in [5.41, 5.74) is 8.77. The predicted octanol–water partition coefficient (Wildman–Crippen LogP) is 7.49. The summed E-state index contributed by atoms with van der Waals surface area (Å²) >= 11 is 1.90. The zero-order chi connectivity index (χ0) is 38.4. The molecule has 3 heterocycles. The molecule has 0 radical (unpaired) electrons. The van der Waals surface area contributed by atoms with Crippen LogP contribution in [0.5, 0.6) is 0 Å². The lowest BCUT2D eigenvalue weighted by Gasteiger charge is -2.34. The van der Waals surface area contributed by atoms with Gasteiger partial charge in [-0.1, -0.05) is 82.3 Å². The number of benzene rings is 3. The van der Waals surface area contributed by atoms with Gasteiger partial charge in [-0.3, -0.25) is 19.0 Å². The molecule has 278 valence electrons. The number of hydrogen-bond donors (Lipinski definition) is 2. The molecule has 1 fully saturated rings. The largest absolute Gasteiger partial charge is 0.480 e. The van der Waals surface area contributed by atoms with Gasteiger partial charge >= 0.3 is 5.97 Å². The first-order chi connectivity index (χ1) is 26.7. The van der Waals surface area contributed by atoms with E-state index in [2.05, 4.69) is 78.3 Å². The van der Waals surface area contributed by atoms with Crippen LogP contribution >= 0.6 is 22.7 Å². The van der Waals surface area contributed by atoms with Gasteiger partial charge in [-0.2, -0.15) is 10.5 Å². The number of anilines is 2. The molecule has 11 heteroatoms. The normalized spacial score (nSPS) is 18.3. The van der Waals surface area contributed by atoms with E-state index in [0.717, 1.165) is 77.7 Å². The number of thiazole rings is 2. The third-order valence-corrected chi connectivity index (χ3v) is 14.1. The number of nitriles is 2. The van der Waals surface area contributed by atoms with Crippen molar-refractivity contribution in [2.24, 2.45) is 0 Å². The molecule has 5 aromatic rings. The number of rotatable bonds is 10. The summed E-state index contributed by atoms with van der Waals surface area (Å²) < 4.78 is 1.68. The van der Waals surface area contributed by atoms with Gasteiger partial charge in [0.25, 0.3) is 11.1 Å². The molecular formula is C44H41N5O4S2. The highest BCUT2D eigenvalue weighted by Crippen LogP contribution is 2.57. The van der Waals surface area contributed by atoms with Crippen LogP contribution in [-0.4, -0.2) is 26.7 Å². The van der Waals surface area contributed by atoms with Gasteiger partial charge in [0.1, 0.15) is 32.5 Å². The standard InChI is InChI=1S/C44H41N5O4S2/c1-3-5-18-44(19-6-4-2)33-12-8-7-10-29(33)30-16-15-28(22-34(30)44)49-35-13-9-11-31(35)32-20-26(14-17-36(32)49)21-37-42(53)48(25-38(50)51)43(54-37)39-40(52)47-41(55-39)27(23-45)24-46/h7-8,10,12,14-17,20-22,31,35H,3-6,9,11,13,18-19,25H2,1-2H3,(H,47,52)(H,50,51)/b37-21-,43-39+.